The molecule has 230 valence electrons. The van der Waals surface area contributed by atoms with Gasteiger partial charge in [0.25, 0.3) is 0 Å². The number of sulfone groups is 1. The van der Waals surface area contributed by atoms with Gasteiger partial charge in [-0.1, -0.05) is 30.3 Å². The van der Waals surface area contributed by atoms with Gasteiger partial charge in [0.2, 0.25) is 0 Å². The van der Waals surface area contributed by atoms with Crippen LogP contribution in [0.3, 0.4) is 0 Å². The van der Waals surface area contributed by atoms with E-state index in [0.29, 0.717) is 39.3 Å². The Bertz CT molecular complexity index is 1480. The van der Waals surface area contributed by atoms with Gasteiger partial charge in [-0.15, -0.1) is 0 Å². The quantitative estimate of drug-likeness (QED) is 0.223. The van der Waals surface area contributed by atoms with E-state index < -0.39 is 9.84 Å². The first-order valence-electron chi connectivity index (χ1n) is 15.3. The van der Waals surface area contributed by atoms with Crippen molar-refractivity contribution in [3.05, 3.63) is 82.9 Å². The van der Waals surface area contributed by atoms with Crippen molar-refractivity contribution in [1.29, 1.82) is 0 Å². The topological polar surface area (TPSA) is 88.1 Å². The first-order chi connectivity index (χ1) is 20.8. The Hall–Kier alpha value is -3.36. The summed E-state index contributed by atoms with van der Waals surface area (Å²) in [5.41, 5.74) is 7.22. The van der Waals surface area contributed by atoms with Crippen LogP contribution in [0.1, 0.15) is 60.8 Å². The molecule has 1 atom stereocenters. The van der Waals surface area contributed by atoms with Crippen molar-refractivity contribution in [2.45, 2.75) is 58.0 Å². The lowest BCUT2D eigenvalue weighted by Gasteiger charge is -2.22. The third-order valence-corrected chi connectivity index (χ3v) is 10.2. The highest BCUT2D eigenvalue weighted by atomic mass is 32.2. The maximum atomic E-state index is 11.9. The first-order valence-corrected chi connectivity index (χ1v) is 17.1. The van der Waals surface area contributed by atoms with Gasteiger partial charge in [0.1, 0.15) is 27.9 Å². The molecule has 0 spiro atoms. The van der Waals surface area contributed by atoms with E-state index in [1.807, 2.05) is 37.3 Å². The Morgan fingerprint density at radius 1 is 0.884 bits per heavy atom. The maximum absolute atomic E-state index is 11.9. The van der Waals surface area contributed by atoms with Crippen LogP contribution in [0, 0.1) is 5.92 Å². The second kappa shape index (κ2) is 14.4. The molecule has 0 aromatic heterocycles. The number of fused-ring (bicyclic) bond motifs is 3. The molecule has 3 aromatic carbocycles. The lowest BCUT2D eigenvalue weighted by Crippen LogP contribution is -2.26. The van der Waals surface area contributed by atoms with Gasteiger partial charge >= 0.3 is 5.97 Å². The zero-order valence-electron chi connectivity index (χ0n) is 25.2. The Balaban J connectivity index is 1.23. The molecule has 8 heteroatoms. The highest BCUT2D eigenvalue weighted by Crippen LogP contribution is 2.36. The number of esters is 1. The summed E-state index contributed by atoms with van der Waals surface area (Å²) < 4.78 is 46.2. The minimum atomic E-state index is -2.86. The van der Waals surface area contributed by atoms with E-state index in [2.05, 4.69) is 30.3 Å². The molecule has 0 amide bonds. The second-order valence-electron chi connectivity index (χ2n) is 11.6. The van der Waals surface area contributed by atoms with Gasteiger partial charge in [-0.2, -0.15) is 0 Å². The standard InChI is InChI=1S/C35H42O7S/c1-3-40-24-30(21-35(36)39-2)27-9-11-31(12-10-27)41-23-26-7-8-28-5-4-6-29-20-32(13-14-33(29)34(28)19-26)42-22-25-15-17-43(37,38)18-16-25/h7-14,19-20,25,30H,3-6,15-18,21-24H2,1-2H3/t30-/m1/s1. The normalized spacial score (nSPS) is 16.8. The summed E-state index contributed by atoms with van der Waals surface area (Å²) in [7, 11) is -1.46. The third-order valence-electron chi connectivity index (χ3n) is 8.51. The van der Waals surface area contributed by atoms with Crippen LogP contribution in [0.25, 0.3) is 11.1 Å². The van der Waals surface area contributed by atoms with E-state index in [1.54, 1.807) is 0 Å². The van der Waals surface area contributed by atoms with Gasteiger partial charge in [-0.3, -0.25) is 4.79 Å². The van der Waals surface area contributed by atoms with Crippen molar-refractivity contribution in [2.75, 3.05) is 38.4 Å². The molecule has 7 nitrogen and oxygen atoms in total. The molecule has 1 aliphatic carbocycles. The van der Waals surface area contributed by atoms with Gasteiger partial charge in [0, 0.05) is 12.5 Å². The minimum Gasteiger partial charge on any atom is -0.493 e. The van der Waals surface area contributed by atoms with Crippen LogP contribution in [0.15, 0.2) is 60.7 Å². The number of aryl methyl sites for hydroxylation is 2. The van der Waals surface area contributed by atoms with Crippen molar-refractivity contribution in [1.82, 2.24) is 0 Å². The van der Waals surface area contributed by atoms with E-state index in [4.69, 9.17) is 18.9 Å². The molecule has 0 saturated carbocycles. The smallest absolute Gasteiger partial charge is 0.306 e. The van der Waals surface area contributed by atoms with Gasteiger partial charge in [0.15, 0.2) is 0 Å². The van der Waals surface area contributed by atoms with Crippen molar-refractivity contribution in [2.24, 2.45) is 5.92 Å². The minimum absolute atomic E-state index is 0.0666. The van der Waals surface area contributed by atoms with Gasteiger partial charge in [0.05, 0.1) is 38.3 Å². The monoisotopic (exact) mass is 606 g/mol. The molecule has 5 rings (SSSR count). The molecule has 43 heavy (non-hydrogen) atoms. The fraction of sp³-hybridized carbons (Fsp3) is 0.457. The van der Waals surface area contributed by atoms with Crippen molar-refractivity contribution in [3.8, 4) is 22.6 Å². The summed E-state index contributed by atoms with van der Waals surface area (Å²) in [6.07, 6.45) is 4.72. The van der Waals surface area contributed by atoms with Crippen molar-refractivity contribution in [3.63, 3.8) is 0 Å². The zero-order valence-corrected chi connectivity index (χ0v) is 26.0. The lowest BCUT2D eigenvalue weighted by molar-refractivity contribution is -0.141. The molecule has 0 N–H and O–H groups in total. The van der Waals surface area contributed by atoms with Gasteiger partial charge in [-0.05, 0) is 109 Å². The van der Waals surface area contributed by atoms with Crippen LogP contribution in [-0.4, -0.2) is 52.8 Å². The van der Waals surface area contributed by atoms with Gasteiger partial charge < -0.3 is 18.9 Å². The highest BCUT2D eigenvalue weighted by molar-refractivity contribution is 7.91. The molecule has 1 fully saturated rings. The van der Waals surface area contributed by atoms with E-state index >= 15 is 0 Å². The number of carbonyl (C=O) groups is 1. The molecule has 0 bridgehead atoms. The Labute approximate surface area is 255 Å². The third kappa shape index (κ3) is 8.39. The molecule has 0 unspecified atom stereocenters. The SMILES string of the molecule is CCOC[C@@H](CC(=O)OC)c1ccc(OCc2ccc3c(c2)-c2ccc(OCC4CCS(=O)(=O)CC4)cc2CCC3)cc1. The first kappa shape index (κ1) is 31.1. The van der Waals surface area contributed by atoms with Crippen LogP contribution in [0.4, 0.5) is 0 Å². The molecule has 1 heterocycles. The Morgan fingerprint density at radius 2 is 1.63 bits per heavy atom. The van der Waals surface area contributed by atoms with Gasteiger partial charge in [-0.25, -0.2) is 8.42 Å². The number of hydrogen-bond donors (Lipinski definition) is 0. The Morgan fingerprint density at radius 3 is 2.37 bits per heavy atom. The lowest BCUT2D eigenvalue weighted by atomic mass is 9.94. The summed E-state index contributed by atoms with van der Waals surface area (Å²) in [6.45, 7) is 4.01. The predicted molar refractivity (Wildman–Crippen MR) is 167 cm³/mol. The molecule has 2 aliphatic rings. The van der Waals surface area contributed by atoms with E-state index in [-0.39, 0.29) is 35.7 Å². The summed E-state index contributed by atoms with van der Waals surface area (Å²) >= 11 is 0. The average Bonchev–Trinajstić information content (AvgIpc) is 3.20. The molecular weight excluding hydrogens is 564 g/mol. The van der Waals surface area contributed by atoms with E-state index in [0.717, 1.165) is 41.9 Å². The average molecular weight is 607 g/mol. The fourth-order valence-corrected chi connectivity index (χ4v) is 7.51. The number of methoxy groups -OCH3 is 1. The van der Waals surface area contributed by atoms with Crippen LogP contribution >= 0.6 is 0 Å². The molecular formula is C35H42O7S. The number of benzene rings is 3. The summed E-state index contributed by atoms with van der Waals surface area (Å²) in [5, 5.41) is 0. The number of rotatable bonds is 12. The summed E-state index contributed by atoms with van der Waals surface area (Å²) in [6, 6.07) is 20.8. The van der Waals surface area contributed by atoms with Crippen LogP contribution < -0.4 is 9.47 Å². The molecule has 0 radical (unpaired) electrons. The summed E-state index contributed by atoms with van der Waals surface area (Å²) in [4.78, 5) is 11.9. The number of hydrogen-bond acceptors (Lipinski definition) is 7. The number of carbonyl (C=O) groups excluding carboxylic acids is 1. The van der Waals surface area contributed by atoms with E-state index in [1.165, 1.54) is 29.4 Å². The predicted octanol–water partition coefficient (Wildman–Crippen LogP) is 6.31. The molecule has 1 saturated heterocycles. The largest absolute Gasteiger partial charge is 0.493 e. The Kier molecular flexibility index (Phi) is 10.4. The van der Waals surface area contributed by atoms with Crippen LogP contribution in [0.5, 0.6) is 11.5 Å². The second-order valence-corrected chi connectivity index (χ2v) is 13.9. The molecule has 3 aromatic rings. The molecule has 1 aliphatic heterocycles. The highest BCUT2D eigenvalue weighted by Gasteiger charge is 2.24. The van der Waals surface area contributed by atoms with Crippen molar-refractivity contribution < 1.29 is 32.2 Å². The van der Waals surface area contributed by atoms with Crippen LogP contribution in [0.2, 0.25) is 0 Å². The maximum Gasteiger partial charge on any atom is 0.306 e. The zero-order chi connectivity index (χ0) is 30.2. The van der Waals surface area contributed by atoms with E-state index in [9.17, 15) is 13.2 Å². The van der Waals surface area contributed by atoms with Crippen molar-refractivity contribution >= 4 is 15.8 Å². The fourth-order valence-electron chi connectivity index (χ4n) is 5.92. The summed E-state index contributed by atoms with van der Waals surface area (Å²) in [5.74, 6) is 2.13. The number of ether oxygens (including phenoxy) is 4. The van der Waals surface area contributed by atoms with Crippen LogP contribution in [-0.2, 0) is 43.6 Å².